The van der Waals surface area contributed by atoms with E-state index in [9.17, 15) is 0 Å². The monoisotopic (exact) mass is 270 g/mol. The number of hydrogen-bond donors (Lipinski definition) is 2. The lowest BCUT2D eigenvalue weighted by molar-refractivity contribution is 0.145. The van der Waals surface area contributed by atoms with Crippen molar-refractivity contribution in [1.82, 2.24) is 15.5 Å². The quantitative estimate of drug-likeness (QED) is 0.354. The summed E-state index contributed by atoms with van der Waals surface area (Å²) in [5, 5.41) is 6.67. The first kappa shape index (κ1) is 16.2. The lowest BCUT2D eigenvalue weighted by Crippen LogP contribution is -2.42. The van der Waals surface area contributed by atoms with Gasteiger partial charge in [-0.15, -0.1) is 0 Å². The van der Waals surface area contributed by atoms with Crippen LogP contribution in [0.25, 0.3) is 0 Å². The molecule has 1 rings (SSSR count). The van der Waals surface area contributed by atoms with Crippen LogP contribution in [0, 0.1) is 0 Å². The zero-order valence-electron chi connectivity index (χ0n) is 12.7. The van der Waals surface area contributed by atoms with Crippen LogP contribution in [-0.4, -0.2) is 63.3 Å². The molecule has 0 aromatic rings. The summed E-state index contributed by atoms with van der Waals surface area (Å²) in [6.45, 7) is 9.96. The van der Waals surface area contributed by atoms with Crippen LogP contribution in [0.3, 0.4) is 0 Å². The Hall–Kier alpha value is -0.810. The average molecular weight is 270 g/mol. The zero-order valence-corrected chi connectivity index (χ0v) is 12.7. The van der Waals surface area contributed by atoms with E-state index in [2.05, 4.69) is 27.4 Å². The molecule has 5 nitrogen and oxygen atoms in total. The molecule has 19 heavy (non-hydrogen) atoms. The molecular weight excluding hydrogens is 240 g/mol. The molecule has 1 saturated carbocycles. The van der Waals surface area contributed by atoms with E-state index in [0.29, 0.717) is 0 Å². The van der Waals surface area contributed by atoms with E-state index in [-0.39, 0.29) is 0 Å². The molecule has 0 heterocycles. The summed E-state index contributed by atoms with van der Waals surface area (Å²) >= 11 is 0. The van der Waals surface area contributed by atoms with Crippen LogP contribution in [0.1, 0.15) is 33.1 Å². The molecule has 0 spiro atoms. The van der Waals surface area contributed by atoms with Crippen molar-refractivity contribution in [3.63, 3.8) is 0 Å². The molecule has 2 N–H and O–H groups in total. The Balaban J connectivity index is 2.04. The van der Waals surface area contributed by atoms with E-state index >= 15 is 0 Å². The summed E-state index contributed by atoms with van der Waals surface area (Å²) in [5.41, 5.74) is 0. The summed E-state index contributed by atoms with van der Waals surface area (Å²) in [6, 6.07) is 0.841. The summed E-state index contributed by atoms with van der Waals surface area (Å²) in [5.74, 6) is 0.892. The van der Waals surface area contributed by atoms with Gasteiger partial charge in [0, 0.05) is 45.9 Å². The highest BCUT2D eigenvalue weighted by Gasteiger charge is 2.27. The van der Waals surface area contributed by atoms with Crippen molar-refractivity contribution in [3.8, 4) is 0 Å². The third kappa shape index (κ3) is 7.38. The Morgan fingerprint density at radius 3 is 2.58 bits per heavy atom. The SMILES string of the molecule is CCOCCCNC(=NC)NCCN(CC)C1CC1. The van der Waals surface area contributed by atoms with Crippen LogP contribution in [0.15, 0.2) is 4.99 Å². The van der Waals surface area contributed by atoms with Gasteiger partial charge in [0.25, 0.3) is 0 Å². The van der Waals surface area contributed by atoms with Crippen molar-refractivity contribution >= 4 is 5.96 Å². The summed E-state index contributed by atoms with van der Waals surface area (Å²) in [6.07, 6.45) is 3.76. The Labute approximate surface area is 117 Å². The van der Waals surface area contributed by atoms with Crippen molar-refractivity contribution in [2.45, 2.75) is 39.2 Å². The lowest BCUT2D eigenvalue weighted by atomic mass is 10.4. The van der Waals surface area contributed by atoms with Crippen LogP contribution in [-0.2, 0) is 4.74 Å². The first-order valence-corrected chi connectivity index (χ1v) is 7.58. The van der Waals surface area contributed by atoms with Crippen molar-refractivity contribution in [2.24, 2.45) is 4.99 Å². The number of rotatable bonds is 10. The molecule has 0 radical (unpaired) electrons. The second kappa shape index (κ2) is 10.0. The molecule has 112 valence electrons. The predicted octanol–water partition coefficient (Wildman–Crippen LogP) is 1.06. The third-order valence-corrected chi connectivity index (χ3v) is 3.35. The molecule has 0 saturated heterocycles. The fraction of sp³-hybridized carbons (Fsp3) is 0.929. The second-order valence-corrected chi connectivity index (χ2v) is 4.84. The number of hydrogen-bond acceptors (Lipinski definition) is 3. The van der Waals surface area contributed by atoms with Gasteiger partial charge in [0.1, 0.15) is 0 Å². The molecular formula is C14H30N4O. The molecule has 0 unspecified atom stereocenters. The lowest BCUT2D eigenvalue weighted by Gasteiger charge is -2.20. The number of nitrogens with one attached hydrogen (secondary N) is 2. The van der Waals surface area contributed by atoms with Crippen LogP contribution in [0.2, 0.25) is 0 Å². The van der Waals surface area contributed by atoms with Gasteiger partial charge in [-0.05, 0) is 32.7 Å². The first-order valence-electron chi connectivity index (χ1n) is 7.58. The zero-order chi connectivity index (χ0) is 13.9. The highest BCUT2D eigenvalue weighted by molar-refractivity contribution is 5.79. The number of nitrogens with zero attached hydrogens (tertiary/aromatic N) is 2. The van der Waals surface area contributed by atoms with E-state index in [1.54, 1.807) is 0 Å². The standard InChI is InChI=1S/C14H30N4O/c1-4-18(13-7-8-13)11-10-17-14(15-3)16-9-6-12-19-5-2/h13H,4-12H2,1-3H3,(H2,15,16,17). The number of guanidine groups is 1. The maximum atomic E-state index is 5.30. The van der Waals surface area contributed by atoms with E-state index in [1.807, 2.05) is 14.0 Å². The van der Waals surface area contributed by atoms with E-state index in [1.165, 1.54) is 12.8 Å². The Kier molecular flexibility index (Phi) is 8.58. The van der Waals surface area contributed by atoms with Crippen LogP contribution in [0.4, 0.5) is 0 Å². The minimum Gasteiger partial charge on any atom is -0.382 e. The Morgan fingerprint density at radius 1 is 1.26 bits per heavy atom. The fourth-order valence-electron chi connectivity index (χ4n) is 2.10. The predicted molar refractivity (Wildman–Crippen MR) is 80.7 cm³/mol. The molecule has 1 aliphatic rings. The second-order valence-electron chi connectivity index (χ2n) is 4.84. The minimum absolute atomic E-state index is 0.793. The highest BCUT2D eigenvalue weighted by Crippen LogP contribution is 2.25. The highest BCUT2D eigenvalue weighted by atomic mass is 16.5. The largest absolute Gasteiger partial charge is 0.382 e. The molecule has 0 atom stereocenters. The number of aliphatic imine (C=N–C) groups is 1. The molecule has 5 heteroatoms. The topological polar surface area (TPSA) is 48.9 Å². The van der Waals surface area contributed by atoms with Crippen LogP contribution in [0.5, 0.6) is 0 Å². The maximum absolute atomic E-state index is 5.30. The van der Waals surface area contributed by atoms with E-state index in [4.69, 9.17) is 4.74 Å². The van der Waals surface area contributed by atoms with Gasteiger partial charge in [0.05, 0.1) is 0 Å². The third-order valence-electron chi connectivity index (χ3n) is 3.35. The molecule has 0 aromatic carbocycles. The van der Waals surface area contributed by atoms with Crippen molar-refractivity contribution in [2.75, 3.05) is 46.4 Å². The Morgan fingerprint density at radius 2 is 2.00 bits per heavy atom. The molecule has 1 fully saturated rings. The van der Waals surface area contributed by atoms with Crippen LogP contribution >= 0.6 is 0 Å². The first-order chi connectivity index (χ1) is 9.31. The van der Waals surface area contributed by atoms with Gasteiger partial charge in [0.15, 0.2) is 5.96 Å². The van der Waals surface area contributed by atoms with Gasteiger partial charge in [-0.3, -0.25) is 9.89 Å². The average Bonchev–Trinajstić information content (AvgIpc) is 3.25. The molecule has 1 aliphatic carbocycles. The van der Waals surface area contributed by atoms with Gasteiger partial charge in [-0.2, -0.15) is 0 Å². The van der Waals surface area contributed by atoms with Crippen molar-refractivity contribution < 1.29 is 4.74 Å². The molecule has 0 aromatic heterocycles. The minimum atomic E-state index is 0.793. The van der Waals surface area contributed by atoms with E-state index in [0.717, 1.165) is 57.8 Å². The number of likely N-dealkylation sites (N-methyl/N-ethyl adjacent to an activating group) is 1. The van der Waals surface area contributed by atoms with Crippen LogP contribution < -0.4 is 10.6 Å². The Bertz CT molecular complexity index is 254. The maximum Gasteiger partial charge on any atom is 0.191 e. The van der Waals surface area contributed by atoms with Gasteiger partial charge >= 0.3 is 0 Å². The number of ether oxygens (including phenoxy) is 1. The summed E-state index contributed by atoms with van der Waals surface area (Å²) in [7, 11) is 1.82. The molecule has 0 bridgehead atoms. The van der Waals surface area contributed by atoms with Gasteiger partial charge in [-0.25, -0.2) is 0 Å². The molecule has 0 amide bonds. The summed E-state index contributed by atoms with van der Waals surface area (Å²) in [4.78, 5) is 6.76. The van der Waals surface area contributed by atoms with E-state index < -0.39 is 0 Å². The van der Waals surface area contributed by atoms with Crippen molar-refractivity contribution in [1.29, 1.82) is 0 Å². The fourth-order valence-corrected chi connectivity index (χ4v) is 2.10. The van der Waals surface area contributed by atoms with Gasteiger partial charge in [0.2, 0.25) is 0 Å². The summed E-state index contributed by atoms with van der Waals surface area (Å²) < 4.78 is 5.30. The normalized spacial score (nSPS) is 15.9. The smallest absolute Gasteiger partial charge is 0.191 e. The van der Waals surface area contributed by atoms with Gasteiger partial charge < -0.3 is 15.4 Å². The van der Waals surface area contributed by atoms with Gasteiger partial charge in [-0.1, -0.05) is 6.92 Å². The molecule has 0 aliphatic heterocycles. The van der Waals surface area contributed by atoms with Crippen molar-refractivity contribution in [3.05, 3.63) is 0 Å².